The number of hydrazine groups is 1. The lowest BCUT2D eigenvalue weighted by atomic mass is 10.1. The highest BCUT2D eigenvalue weighted by Crippen LogP contribution is 2.21. The van der Waals surface area contributed by atoms with Crippen LogP contribution in [0.15, 0.2) is 42.5 Å². The van der Waals surface area contributed by atoms with Crippen molar-refractivity contribution < 1.29 is 14.3 Å². The number of ether oxygens (including phenoxy) is 1. The Bertz CT molecular complexity index is 844. The Balaban J connectivity index is 1.70. The number of thiocarbonyl (C=S) groups is 1. The van der Waals surface area contributed by atoms with Crippen LogP contribution in [0.2, 0.25) is 10.0 Å². The highest BCUT2D eigenvalue weighted by molar-refractivity contribution is 7.80. The third kappa shape index (κ3) is 7.42. The summed E-state index contributed by atoms with van der Waals surface area (Å²) >= 11 is 16.6. The first-order valence-corrected chi connectivity index (χ1v) is 9.02. The first-order valence-electron chi connectivity index (χ1n) is 7.85. The molecule has 0 aliphatic carbocycles. The highest BCUT2D eigenvalue weighted by atomic mass is 35.5. The molecule has 6 nitrogen and oxygen atoms in total. The highest BCUT2D eigenvalue weighted by Gasteiger charge is 2.08. The van der Waals surface area contributed by atoms with Crippen molar-refractivity contribution in [3.63, 3.8) is 0 Å². The fourth-order valence-corrected chi connectivity index (χ4v) is 2.59. The van der Waals surface area contributed by atoms with Crippen molar-refractivity contribution in [2.45, 2.75) is 13.3 Å². The van der Waals surface area contributed by atoms with Gasteiger partial charge in [0.15, 0.2) is 11.7 Å². The van der Waals surface area contributed by atoms with Gasteiger partial charge in [0.1, 0.15) is 5.75 Å². The van der Waals surface area contributed by atoms with Crippen LogP contribution >= 0.6 is 35.4 Å². The number of carbonyl (C=O) groups is 2. The van der Waals surface area contributed by atoms with Gasteiger partial charge in [0.2, 0.25) is 5.91 Å². The molecule has 0 heterocycles. The predicted octanol–water partition coefficient (Wildman–Crippen LogP) is 2.95. The molecule has 0 bridgehead atoms. The number of halogens is 2. The number of aryl methyl sites for hydroxylation is 1. The zero-order valence-electron chi connectivity index (χ0n) is 14.3. The Labute approximate surface area is 172 Å². The zero-order valence-corrected chi connectivity index (χ0v) is 16.7. The average Bonchev–Trinajstić information content (AvgIpc) is 2.61. The molecule has 2 aromatic carbocycles. The molecule has 0 radical (unpaired) electrons. The second-order valence-corrected chi connectivity index (χ2v) is 6.83. The van der Waals surface area contributed by atoms with Crippen LogP contribution in [0.1, 0.15) is 11.1 Å². The summed E-state index contributed by atoms with van der Waals surface area (Å²) in [5, 5.41) is 3.62. The second-order valence-electron chi connectivity index (χ2n) is 5.55. The molecule has 3 N–H and O–H groups in total. The topological polar surface area (TPSA) is 79.5 Å². The number of amides is 2. The maximum absolute atomic E-state index is 11.9. The minimum Gasteiger partial charge on any atom is -0.483 e. The van der Waals surface area contributed by atoms with E-state index in [2.05, 4.69) is 16.2 Å². The molecule has 0 atom stereocenters. The van der Waals surface area contributed by atoms with Crippen molar-refractivity contribution in [2.24, 2.45) is 0 Å². The summed E-state index contributed by atoms with van der Waals surface area (Å²) in [4.78, 5) is 23.7. The van der Waals surface area contributed by atoms with Gasteiger partial charge in [-0.05, 0) is 60.6 Å². The Morgan fingerprint density at radius 1 is 1.00 bits per heavy atom. The maximum Gasteiger partial charge on any atom is 0.276 e. The van der Waals surface area contributed by atoms with Gasteiger partial charge in [0.05, 0.1) is 6.42 Å². The minimum absolute atomic E-state index is 0.0232. The quantitative estimate of drug-likeness (QED) is 0.506. The van der Waals surface area contributed by atoms with E-state index >= 15 is 0 Å². The van der Waals surface area contributed by atoms with Gasteiger partial charge in [0.25, 0.3) is 5.91 Å². The van der Waals surface area contributed by atoms with Gasteiger partial charge in [-0.2, -0.15) is 0 Å². The fourth-order valence-electron chi connectivity index (χ4n) is 2.07. The van der Waals surface area contributed by atoms with Crippen LogP contribution < -0.4 is 20.9 Å². The van der Waals surface area contributed by atoms with E-state index in [9.17, 15) is 9.59 Å². The molecular weight excluding hydrogens is 409 g/mol. The molecule has 2 amide bonds. The fraction of sp³-hybridized carbons (Fsp3) is 0.167. The van der Waals surface area contributed by atoms with E-state index in [1.807, 2.05) is 6.92 Å². The largest absolute Gasteiger partial charge is 0.483 e. The third-order valence-electron chi connectivity index (χ3n) is 3.34. The van der Waals surface area contributed by atoms with Crippen LogP contribution in [-0.2, 0) is 16.0 Å². The normalized spacial score (nSPS) is 10.0. The van der Waals surface area contributed by atoms with Gasteiger partial charge in [-0.25, -0.2) is 0 Å². The van der Waals surface area contributed by atoms with E-state index in [1.54, 1.807) is 42.5 Å². The minimum atomic E-state index is -0.460. The van der Waals surface area contributed by atoms with Crippen LogP contribution in [0.4, 0.5) is 0 Å². The Morgan fingerprint density at radius 3 is 2.33 bits per heavy atom. The lowest BCUT2D eigenvalue weighted by molar-refractivity contribution is -0.124. The summed E-state index contributed by atoms with van der Waals surface area (Å²) in [5.74, 6) is -0.232. The van der Waals surface area contributed by atoms with Gasteiger partial charge < -0.3 is 10.1 Å². The lowest BCUT2D eigenvalue weighted by Gasteiger charge is -2.12. The summed E-state index contributed by atoms with van der Waals surface area (Å²) in [7, 11) is 0. The van der Waals surface area contributed by atoms with Gasteiger partial charge >= 0.3 is 0 Å². The molecular formula is C18H17Cl2N3O3S. The Morgan fingerprint density at radius 2 is 1.67 bits per heavy atom. The summed E-state index contributed by atoms with van der Waals surface area (Å²) in [6.07, 6.45) is 0.131. The second kappa shape index (κ2) is 10.1. The Kier molecular flexibility index (Phi) is 7.84. The first kappa shape index (κ1) is 21.0. The summed E-state index contributed by atoms with van der Waals surface area (Å²) in [5.41, 5.74) is 6.39. The molecule has 0 saturated heterocycles. The van der Waals surface area contributed by atoms with Crippen molar-refractivity contribution in [1.29, 1.82) is 0 Å². The molecule has 27 heavy (non-hydrogen) atoms. The zero-order chi connectivity index (χ0) is 19.8. The van der Waals surface area contributed by atoms with Crippen LogP contribution in [0, 0.1) is 6.92 Å². The number of carbonyl (C=O) groups excluding carboxylic acids is 2. The van der Waals surface area contributed by atoms with E-state index in [0.717, 1.165) is 11.1 Å². The molecule has 0 aliphatic heterocycles. The molecule has 9 heteroatoms. The smallest absolute Gasteiger partial charge is 0.276 e. The van der Waals surface area contributed by atoms with Gasteiger partial charge in [-0.15, -0.1) is 0 Å². The number of nitrogens with one attached hydrogen (secondary N) is 3. The van der Waals surface area contributed by atoms with E-state index in [-0.39, 0.29) is 24.0 Å². The SMILES string of the molecule is Cc1cc(Cl)ccc1OCC(=O)NNC(=S)NC(=O)Cc1ccc(Cl)cc1. The monoisotopic (exact) mass is 425 g/mol. The average molecular weight is 426 g/mol. The van der Waals surface area contributed by atoms with Crippen LogP contribution in [-0.4, -0.2) is 23.5 Å². The van der Waals surface area contributed by atoms with Crippen LogP contribution in [0.3, 0.4) is 0 Å². The van der Waals surface area contributed by atoms with Gasteiger partial charge in [-0.3, -0.25) is 20.4 Å². The summed E-state index contributed by atoms with van der Waals surface area (Å²) < 4.78 is 5.40. The summed E-state index contributed by atoms with van der Waals surface area (Å²) in [6.45, 7) is 1.60. The third-order valence-corrected chi connectivity index (χ3v) is 4.03. The number of hydrogen-bond acceptors (Lipinski definition) is 4. The van der Waals surface area contributed by atoms with E-state index in [4.69, 9.17) is 40.2 Å². The van der Waals surface area contributed by atoms with E-state index in [0.29, 0.717) is 15.8 Å². The van der Waals surface area contributed by atoms with Crippen LogP contribution in [0.25, 0.3) is 0 Å². The summed E-state index contributed by atoms with van der Waals surface area (Å²) in [6, 6.07) is 12.0. The van der Waals surface area contributed by atoms with Crippen molar-refractivity contribution >= 4 is 52.3 Å². The molecule has 0 aromatic heterocycles. The van der Waals surface area contributed by atoms with Crippen molar-refractivity contribution in [2.75, 3.05) is 6.61 Å². The van der Waals surface area contributed by atoms with E-state index in [1.165, 1.54) is 0 Å². The lowest BCUT2D eigenvalue weighted by Crippen LogP contribution is -2.49. The van der Waals surface area contributed by atoms with E-state index < -0.39 is 5.91 Å². The first-order chi connectivity index (χ1) is 12.8. The number of hydrogen-bond donors (Lipinski definition) is 3. The van der Waals surface area contributed by atoms with Crippen molar-refractivity contribution in [1.82, 2.24) is 16.2 Å². The molecule has 2 rings (SSSR count). The van der Waals surface area contributed by atoms with Crippen LogP contribution in [0.5, 0.6) is 5.75 Å². The van der Waals surface area contributed by atoms with Gasteiger partial charge in [-0.1, -0.05) is 35.3 Å². The molecule has 142 valence electrons. The molecule has 0 spiro atoms. The molecule has 2 aromatic rings. The molecule has 0 unspecified atom stereocenters. The number of rotatable bonds is 5. The predicted molar refractivity (Wildman–Crippen MR) is 109 cm³/mol. The van der Waals surface area contributed by atoms with Gasteiger partial charge in [0, 0.05) is 10.0 Å². The van der Waals surface area contributed by atoms with Crippen molar-refractivity contribution in [3.05, 3.63) is 63.6 Å². The maximum atomic E-state index is 11.9. The number of benzene rings is 2. The van der Waals surface area contributed by atoms with Crippen molar-refractivity contribution in [3.8, 4) is 5.75 Å². The molecule has 0 saturated carbocycles. The Hall–Kier alpha value is -2.35. The molecule has 0 fully saturated rings. The standard InChI is InChI=1S/C18H17Cl2N3O3S/c1-11-8-14(20)6-7-15(11)26-10-17(25)22-23-18(27)21-16(24)9-12-2-4-13(19)5-3-12/h2-8H,9-10H2,1H3,(H,22,25)(H2,21,23,24,27). The molecule has 0 aliphatic rings.